The van der Waals surface area contributed by atoms with Crippen LogP contribution in [-0.2, 0) is 32.1 Å². The van der Waals surface area contributed by atoms with Crippen LogP contribution in [-0.4, -0.2) is 37.2 Å². The summed E-state index contributed by atoms with van der Waals surface area (Å²) in [4.78, 5) is 39.7. The average Bonchev–Trinajstić information content (AvgIpc) is 3.01. The van der Waals surface area contributed by atoms with Crippen molar-refractivity contribution >= 4 is 18.0 Å². The van der Waals surface area contributed by atoms with Gasteiger partial charge in [0.25, 0.3) is 0 Å². The second-order valence-electron chi connectivity index (χ2n) is 9.26. The number of ether oxygens (including phenoxy) is 2. The van der Waals surface area contributed by atoms with Gasteiger partial charge in [-0.2, -0.15) is 0 Å². The summed E-state index contributed by atoms with van der Waals surface area (Å²) in [5.74, 6) is -1.66. The molecule has 2 amide bonds. The van der Waals surface area contributed by atoms with E-state index in [1.165, 1.54) is 7.11 Å². The molecule has 0 unspecified atom stereocenters. The maximum absolute atomic E-state index is 13.8. The number of carbonyl (C=O) groups excluding carboxylic acids is 3. The third kappa shape index (κ3) is 7.80. The van der Waals surface area contributed by atoms with E-state index < -0.39 is 36.0 Å². The smallest absolute Gasteiger partial charge is 0.408 e. The van der Waals surface area contributed by atoms with Gasteiger partial charge in [0.05, 0.1) is 7.11 Å². The molecule has 0 bridgehead atoms. The van der Waals surface area contributed by atoms with Gasteiger partial charge in [-0.3, -0.25) is 4.79 Å². The van der Waals surface area contributed by atoms with Gasteiger partial charge in [0.1, 0.15) is 18.7 Å². The Labute approximate surface area is 234 Å². The van der Waals surface area contributed by atoms with Crippen molar-refractivity contribution in [2.24, 2.45) is 0 Å². The SMILES string of the molecule is COC(=O)[C@@H](NC(=O)[C@@H](Cc1ccccc1)NC(=O)OCc1ccccc1)C(c1ccccc1)c1ccccc1. The largest absolute Gasteiger partial charge is 0.467 e. The molecule has 0 aliphatic carbocycles. The number of benzene rings is 4. The molecule has 0 radical (unpaired) electrons. The zero-order valence-electron chi connectivity index (χ0n) is 22.2. The highest BCUT2D eigenvalue weighted by Crippen LogP contribution is 2.29. The predicted molar refractivity (Wildman–Crippen MR) is 152 cm³/mol. The number of hydrogen-bond donors (Lipinski definition) is 2. The number of carbonyl (C=O) groups is 3. The molecule has 40 heavy (non-hydrogen) atoms. The Kier molecular flexibility index (Phi) is 10.0. The van der Waals surface area contributed by atoms with Gasteiger partial charge in [-0.15, -0.1) is 0 Å². The summed E-state index contributed by atoms with van der Waals surface area (Å²) >= 11 is 0. The minimum Gasteiger partial charge on any atom is -0.467 e. The monoisotopic (exact) mass is 536 g/mol. The Morgan fingerprint density at radius 3 is 1.62 bits per heavy atom. The second-order valence-corrected chi connectivity index (χ2v) is 9.26. The van der Waals surface area contributed by atoms with Gasteiger partial charge in [0, 0.05) is 12.3 Å². The first-order chi connectivity index (χ1) is 19.5. The molecular weight excluding hydrogens is 504 g/mol. The zero-order chi connectivity index (χ0) is 28.2. The van der Waals surface area contributed by atoms with Gasteiger partial charge in [-0.1, -0.05) is 121 Å². The number of rotatable bonds is 11. The highest BCUT2D eigenvalue weighted by Gasteiger charge is 2.35. The van der Waals surface area contributed by atoms with Gasteiger partial charge < -0.3 is 20.1 Å². The van der Waals surface area contributed by atoms with E-state index in [1.807, 2.05) is 121 Å². The zero-order valence-corrected chi connectivity index (χ0v) is 22.2. The minimum atomic E-state index is -1.05. The summed E-state index contributed by atoms with van der Waals surface area (Å²) in [6, 6.07) is 35.4. The van der Waals surface area contributed by atoms with Crippen molar-refractivity contribution in [2.45, 2.75) is 31.0 Å². The molecule has 0 fully saturated rings. The third-order valence-corrected chi connectivity index (χ3v) is 6.51. The molecule has 0 heterocycles. The van der Waals surface area contributed by atoms with Gasteiger partial charge in [0.2, 0.25) is 5.91 Å². The lowest BCUT2D eigenvalue weighted by molar-refractivity contribution is -0.145. The first kappa shape index (κ1) is 28.1. The van der Waals surface area contributed by atoms with Crippen molar-refractivity contribution in [3.05, 3.63) is 144 Å². The molecule has 0 saturated heterocycles. The summed E-state index contributed by atoms with van der Waals surface area (Å²) < 4.78 is 10.5. The standard InChI is InChI=1S/C33H32N2O5/c1-39-32(37)30(29(26-18-10-4-11-19-26)27-20-12-5-13-21-27)35-31(36)28(22-24-14-6-2-7-15-24)34-33(38)40-23-25-16-8-3-9-17-25/h2-21,28-30H,22-23H2,1H3,(H,34,38)(H,35,36)/t28-,30+/m1/s1. The molecule has 4 aromatic rings. The maximum atomic E-state index is 13.8. The van der Waals surface area contributed by atoms with Crippen molar-refractivity contribution in [1.29, 1.82) is 0 Å². The van der Waals surface area contributed by atoms with Crippen LogP contribution in [0.2, 0.25) is 0 Å². The van der Waals surface area contributed by atoms with Gasteiger partial charge in [0.15, 0.2) is 0 Å². The molecule has 0 aliphatic rings. The van der Waals surface area contributed by atoms with Crippen LogP contribution in [0.4, 0.5) is 4.79 Å². The van der Waals surface area contributed by atoms with E-state index >= 15 is 0 Å². The van der Waals surface area contributed by atoms with E-state index in [2.05, 4.69) is 10.6 Å². The Morgan fingerprint density at radius 1 is 0.650 bits per heavy atom. The topological polar surface area (TPSA) is 93.7 Å². The van der Waals surface area contributed by atoms with Crippen molar-refractivity contribution < 1.29 is 23.9 Å². The molecule has 0 saturated carbocycles. The Balaban J connectivity index is 1.59. The first-order valence-corrected chi connectivity index (χ1v) is 13.0. The third-order valence-electron chi connectivity index (χ3n) is 6.51. The van der Waals surface area contributed by atoms with Crippen molar-refractivity contribution in [1.82, 2.24) is 10.6 Å². The van der Waals surface area contributed by atoms with Gasteiger partial charge >= 0.3 is 12.1 Å². The average molecular weight is 537 g/mol. The highest BCUT2D eigenvalue weighted by molar-refractivity contribution is 5.90. The van der Waals surface area contributed by atoms with Crippen LogP contribution in [0.15, 0.2) is 121 Å². The molecule has 4 aromatic carbocycles. The summed E-state index contributed by atoms with van der Waals surface area (Å²) in [5, 5.41) is 5.57. The van der Waals surface area contributed by atoms with Crippen LogP contribution in [0.5, 0.6) is 0 Å². The van der Waals surface area contributed by atoms with Crippen LogP contribution in [0.1, 0.15) is 28.2 Å². The molecule has 7 nitrogen and oxygen atoms in total. The predicted octanol–water partition coefficient (Wildman–Crippen LogP) is 5.01. The minimum absolute atomic E-state index is 0.0568. The van der Waals surface area contributed by atoms with Gasteiger partial charge in [-0.05, 0) is 22.3 Å². The summed E-state index contributed by atoms with van der Waals surface area (Å²) in [6.07, 6.45) is -0.542. The van der Waals surface area contributed by atoms with Crippen molar-refractivity contribution in [3.63, 3.8) is 0 Å². The highest BCUT2D eigenvalue weighted by atomic mass is 16.5. The van der Waals surface area contributed by atoms with Crippen molar-refractivity contribution in [2.75, 3.05) is 7.11 Å². The molecule has 2 atom stereocenters. The lowest BCUT2D eigenvalue weighted by atomic mass is 9.84. The molecule has 204 valence electrons. The molecule has 2 N–H and O–H groups in total. The van der Waals surface area contributed by atoms with E-state index in [-0.39, 0.29) is 13.0 Å². The van der Waals surface area contributed by atoms with Crippen LogP contribution >= 0.6 is 0 Å². The fourth-order valence-corrected chi connectivity index (χ4v) is 4.52. The van der Waals surface area contributed by atoms with Gasteiger partial charge in [-0.25, -0.2) is 9.59 Å². The number of nitrogens with one attached hydrogen (secondary N) is 2. The number of methoxy groups -OCH3 is 1. The quantitative estimate of drug-likeness (QED) is 0.263. The molecule has 4 rings (SSSR count). The normalized spacial score (nSPS) is 12.2. The van der Waals surface area contributed by atoms with E-state index in [0.717, 1.165) is 22.3 Å². The summed E-state index contributed by atoms with van der Waals surface area (Å²) in [7, 11) is 1.29. The fraction of sp³-hybridized carbons (Fsp3) is 0.182. The van der Waals surface area contributed by atoms with E-state index in [0.29, 0.717) is 0 Å². The number of hydrogen-bond acceptors (Lipinski definition) is 5. The van der Waals surface area contributed by atoms with Crippen LogP contribution in [0.25, 0.3) is 0 Å². The lowest BCUT2D eigenvalue weighted by Gasteiger charge is -2.29. The van der Waals surface area contributed by atoms with E-state index in [9.17, 15) is 14.4 Å². The molecule has 7 heteroatoms. The molecular formula is C33H32N2O5. The molecule has 0 spiro atoms. The van der Waals surface area contributed by atoms with Crippen LogP contribution < -0.4 is 10.6 Å². The molecule has 0 aromatic heterocycles. The molecule has 0 aliphatic heterocycles. The summed E-state index contributed by atoms with van der Waals surface area (Å²) in [6.45, 7) is 0.0568. The number of amides is 2. The Bertz CT molecular complexity index is 1330. The van der Waals surface area contributed by atoms with Crippen molar-refractivity contribution in [3.8, 4) is 0 Å². The van der Waals surface area contributed by atoms with E-state index in [1.54, 1.807) is 0 Å². The second kappa shape index (κ2) is 14.3. The Morgan fingerprint density at radius 2 is 1.12 bits per heavy atom. The maximum Gasteiger partial charge on any atom is 0.408 e. The fourth-order valence-electron chi connectivity index (χ4n) is 4.52. The first-order valence-electron chi connectivity index (χ1n) is 13.0. The Hall–Kier alpha value is -4.91. The number of esters is 1. The van der Waals surface area contributed by atoms with Crippen LogP contribution in [0, 0.1) is 0 Å². The van der Waals surface area contributed by atoms with E-state index in [4.69, 9.17) is 9.47 Å². The lowest BCUT2D eigenvalue weighted by Crippen LogP contribution is -2.54. The number of alkyl carbamates (subject to hydrolysis) is 1. The summed E-state index contributed by atoms with van der Waals surface area (Å²) in [5.41, 5.74) is 3.32. The van der Waals surface area contributed by atoms with Crippen LogP contribution in [0.3, 0.4) is 0 Å².